The van der Waals surface area contributed by atoms with E-state index in [9.17, 15) is 0 Å². The molecule has 9 aromatic rings. The number of para-hydroxylation sites is 1. The summed E-state index contributed by atoms with van der Waals surface area (Å²) in [5, 5.41) is 3.07. The van der Waals surface area contributed by atoms with E-state index in [0.717, 1.165) is 83.3 Å². The molecular weight excluding hydrogens is 574 g/mol. The van der Waals surface area contributed by atoms with Crippen molar-refractivity contribution >= 4 is 32.8 Å². The van der Waals surface area contributed by atoms with Gasteiger partial charge in [-0.25, -0.2) is 15.0 Å². The Kier molecular flexibility index (Phi) is 6.43. The molecule has 0 amide bonds. The molecule has 0 saturated heterocycles. The van der Waals surface area contributed by atoms with Gasteiger partial charge in [0.15, 0.2) is 11.4 Å². The molecule has 0 spiro atoms. The number of hydrogen-bond acceptors (Lipinski definition) is 4. The van der Waals surface area contributed by atoms with Crippen LogP contribution in [0.4, 0.5) is 0 Å². The predicted molar refractivity (Wildman–Crippen MR) is 192 cm³/mol. The molecule has 0 fully saturated rings. The van der Waals surface area contributed by atoms with Gasteiger partial charge in [0.1, 0.15) is 11.1 Å². The van der Waals surface area contributed by atoms with Gasteiger partial charge in [-0.3, -0.25) is 0 Å². The molecule has 0 saturated carbocycles. The minimum absolute atomic E-state index is 0.633. The molecule has 0 aliphatic rings. The summed E-state index contributed by atoms with van der Waals surface area (Å²) >= 11 is 0. The van der Waals surface area contributed by atoms with Crippen LogP contribution in [-0.2, 0) is 0 Å². The maximum Gasteiger partial charge on any atom is 0.161 e. The standard InChI is InChI=1S/C43H27N3O/c1-4-13-28(14-5-1)33-26-37(29-15-6-2-7-16-29)44-38(27-33)31-19-12-20-32(25-31)43-45-40(30-17-8-3-9-18-30)36-24-23-35-34-21-10-11-22-39(34)47-42(35)41(36)46-43/h1-27H. The van der Waals surface area contributed by atoms with E-state index in [-0.39, 0.29) is 0 Å². The molecule has 0 unspecified atom stereocenters. The van der Waals surface area contributed by atoms with E-state index in [1.807, 2.05) is 60.7 Å². The van der Waals surface area contributed by atoms with Crippen LogP contribution in [0.25, 0.3) is 89.1 Å². The Bertz CT molecular complexity index is 2500. The molecule has 0 radical (unpaired) electrons. The van der Waals surface area contributed by atoms with E-state index in [4.69, 9.17) is 19.4 Å². The zero-order valence-electron chi connectivity index (χ0n) is 25.3. The van der Waals surface area contributed by atoms with Gasteiger partial charge in [0.05, 0.1) is 17.1 Å². The number of aromatic nitrogens is 3. The van der Waals surface area contributed by atoms with Crippen LogP contribution >= 0.6 is 0 Å². The molecule has 0 aliphatic heterocycles. The van der Waals surface area contributed by atoms with Gasteiger partial charge in [-0.2, -0.15) is 0 Å². The zero-order chi connectivity index (χ0) is 31.2. The lowest BCUT2D eigenvalue weighted by molar-refractivity contribution is 0.671. The van der Waals surface area contributed by atoms with Gasteiger partial charge in [-0.05, 0) is 47.5 Å². The van der Waals surface area contributed by atoms with Gasteiger partial charge < -0.3 is 4.42 Å². The maximum atomic E-state index is 6.45. The number of rotatable bonds is 5. The molecule has 4 nitrogen and oxygen atoms in total. The molecule has 0 bridgehead atoms. The first-order valence-corrected chi connectivity index (χ1v) is 15.7. The Morgan fingerprint density at radius 3 is 1.72 bits per heavy atom. The van der Waals surface area contributed by atoms with Crippen molar-refractivity contribution in [3.8, 4) is 56.3 Å². The van der Waals surface area contributed by atoms with Crippen LogP contribution < -0.4 is 0 Å². The topological polar surface area (TPSA) is 51.8 Å². The molecule has 47 heavy (non-hydrogen) atoms. The summed E-state index contributed by atoms with van der Waals surface area (Å²) in [7, 11) is 0. The van der Waals surface area contributed by atoms with Crippen LogP contribution in [0.1, 0.15) is 0 Å². The van der Waals surface area contributed by atoms with Crippen molar-refractivity contribution in [1.29, 1.82) is 0 Å². The molecule has 0 atom stereocenters. The minimum Gasteiger partial charge on any atom is -0.454 e. The summed E-state index contributed by atoms with van der Waals surface area (Å²) in [6, 6.07) is 56.1. The molecule has 0 N–H and O–H groups in total. The van der Waals surface area contributed by atoms with Crippen LogP contribution in [0, 0.1) is 0 Å². The van der Waals surface area contributed by atoms with E-state index in [2.05, 4.69) is 103 Å². The van der Waals surface area contributed by atoms with E-state index in [1.54, 1.807) is 0 Å². The number of benzene rings is 6. The van der Waals surface area contributed by atoms with Crippen molar-refractivity contribution in [2.24, 2.45) is 0 Å². The van der Waals surface area contributed by atoms with Crippen molar-refractivity contribution in [2.45, 2.75) is 0 Å². The highest BCUT2D eigenvalue weighted by Crippen LogP contribution is 2.38. The highest BCUT2D eigenvalue weighted by atomic mass is 16.3. The Balaban J connectivity index is 1.25. The van der Waals surface area contributed by atoms with Crippen LogP contribution in [0.5, 0.6) is 0 Å². The lowest BCUT2D eigenvalue weighted by Gasteiger charge is -2.12. The van der Waals surface area contributed by atoms with Gasteiger partial charge in [-0.15, -0.1) is 0 Å². The largest absolute Gasteiger partial charge is 0.454 e. The van der Waals surface area contributed by atoms with E-state index < -0.39 is 0 Å². The number of hydrogen-bond donors (Lipinski definition) is 0. The van der Waals surface area contributed by atoms with Crippen LogP contribution in [0.15, 0.2) is 168 Å². The van der Waals surface area contributed by atoms with Gasteiger partial charge in [0, 0.05) is 38.4 Å². The lowest BCUT2D eigenvalue weighted by Crippen LogP contribution is -1.96. The van der Waals surface area contributed by atoms with Crippen LogP contribution in [0.3, 0.4) is 0 Å². The number of furan rings is 1. The van der Waals surface area contributed by atoms with Gasteiger partial charge in [0.2, 0.25) is 0 Å². The van der Waals surface area contributed by atoms with Crippen molar-refractivity contribution in [2.75, 3.05) is 0 Å². The van der Waals surface area contributed by atoms with Crippen molar-refractivity contribution in [3.05, 3.63) is 164 Å². The van der Waals surface area contributed by atoms with E-state index in [1.165, 1.54) is 0 Å². The van der Waals surface area contributed by atoms with Crippen molar-refractivity contribution < 1.29 is 4.42 Å². The monoisotopic (exact) mass is 601 g/mol. The third kappa shape index (κ3) is 4.84. The van der Waals surface area contributed by atoms with Crippen LogP contribution in [-0.4, -0.2) is 15.0 Å². The first-order valence-electron chi connectivity index (χ1n) is 15.7. The normalized spacial score (nSPS) is 11.4. The summed E-state index contributed by atoms with van der Waals surface area (Å²) < 4.78 is 6.45. The zero-order valence-corrected chi connectivity index (χ0v) is 25.3. The Morgan fingerprint density at radius 2 is 0.957 bits per heavy atom. The highest BCUT2D eigenvalue weighted by molar-refractivity contribution is 6.15. The summed E-state index contributed by atoms with van der Waals surface area (Å²) in [4.78, 5) is 15.5. The molecule has 4 heteroatoms. The lowest BCUT2D eigenvalue weighted by atomic mass is 9.99. The smallest absolute Gasteiger partial charge is 0.161 e. The molecule has 6 aromatic carbocycles. The number of fused-ring (bicyclic) bond motifs is 5. The fourth-order valence-electron chi connectivity index (χ4n) is 6.37. The SMILES string of the molecule is c1ccc(-c2cc(-c3ccccc3)nc(-c3cccc(-c4nc(-c5ccccc5)c5ccc6c7ccccc7oc6c5n4)c3)c2)cc1. The molecule has 220 valence electrons. The first-order chi connectivity index (χ1) is 23.3. The Morgan fingerprint density at radius 1 is 0.362 bits per heavy atom. The molecular formula is C43H27N3O. The number of pyridine rings is 1. The molecule has 3 aromatic heterocycles. The quantitative estimate of drug-likeness (QED) is 0.197. The molecule has 0 aliphatic carbocycles. The van der Waals surface area contributed by atoms with Crippen molar-refractivity contribution in [1.82, 2.24) is 15.0 Å². The van der Waals surface area contributed by atoms with Gasteiger partial charge in [0.25, 0.3) is 0 Å². The Labute approximate surface area is 271 Å². The van der Waals surface area contributed by atoms with Gasteiger partial charge >= 0.3 is 0 Å². The fraction of sp³-hybridized carbons (Fsp3) is 0. The van der Waals surface area contributed by atoms with Gasteiger partial charge in [-0.1, -0.05) is 127 Å². The fourth-order valence-corrected chi connectivity index (χ4v) is 6.37. The summed E-state index contributed by atoms with van der Waals surface area (Å²) in [6.07, 6.45) is 0. The average molecular weight is 602 g/mol. The summed E-state index contributed by atoms with van der Waals surface area (Å²) in [5.74, 6) is 0.633. The summed E-state index contributed by atoms with van der Waals surface area (Å²) in [6.45, 7) is 0. The minimum atomic E-state index is 0.633. The third-order valence-corrected chi connectivity index (χ3v) is 8.68. The summed E-state index contributed by atoms with van der Waals surface area (Å²) in [5.41, 5.74) is 11.3. The van der Waals surface area contributed by atoms with Crippen LogP contribution in [0.2, 0.25) is 0 Å². The average Bonchev–Trinajstić information content (AvgIpc) is 3.55. The number of nitrogens with zero attached hydrogens (tertiary/aromatic N) is 3. The second-order valence-corrected chi connectivity index (χ2v) is 11.6. The predicted octanol–water partition coefficient (Wildman–Crippen LogP) is 11.3. The third-order valence-electron chi connectivity index (χ3n) is 8.68. The first kappa shape index (κ1) is 27.0. The van der Waals surface area contributed by atoms with E-state index >= 15 is 0 Å². The van der Waals surface area contributed by atoms with E-state index in [0.29, 0.717) is 5.82 Å². The Hall–Kier alpha value is -6.39. The highest BCUT2D eigenvalue weighted by Gasteiger charge is 2.18. The molecule has 3 heterocycles. The second kappa shape index (κ2) is 11.2. The van der Waals surface area contributed by atoms with Crippen molar-refractivity contribution in [3.63, 3.8) is 0 Å². The molecule has 9 rings (SSSR count). The second-order valence-electron chi connectivity index (χ2n) is 11.6. The maximum absolute atomic E-state index is 6.45.